The van der Waals surface area contributed by atoms with Crippen LogP contribution in [0.25, 0.3) is 22.2 Å². The normalized spacial score (nSPS) is 22.6. The molecule has 48 heavy (non-hydrogen) atoms. The summed E-state index contributed by atoms with van der Waals surface area (Å²) < 4.78 is 39.4. The predicted molar refractivity (Wildman–Crippen MR) is 188 cm³/mol. The van der Waals surface area contributed by atoms with Crippen LogP contribution in [0.3, 0.4) is 0 Å². The third-order valence-electron chi connectivity index (χ3n) is 10.4. The van der Waals surface area contributed by atoms with Gasteiger partial charge in [0.1, 0.15) is 12.4 Å². The lowest BCUT2D eigenvalue weighted by Gasteiger charge is -2.37. The van der Waals surface area contributed by atoms with Crippen molar-refractivity contribution in [1.29, 1.82) is 0 Å². The van der Waals surface area contributed by atoms with E-state index in [0.717, 1.165) is 63.4 Å². The van der Waals surface area contributed by atoms with Gasteiger partial charge in [-0.1, -0.05) is 19.9 Å². The summed E-state index contributed by atoms with van der Waals surface area (Å²) in [5.41, 5.74) is 5.76. The first-order valence-corrected chi connectivity index (χ1v) is 17.2. The number of carbonyl (C=O) groups is 1. The topological polar surface area (TPSA) is 93.5 Å². The molecule has 2 saturated heterocycles. The molecule has 2 fully saturated rings. The highest BCUT2D eigenvalue weighted by atomic mass is 16.7. The summed E-state index contributed by atoms with van der Waals surface area (Å²) in [7, 11) is 1.18. The molecule has 2 aromatic heterocycles. The number of aromatic nitrogens is 2. The highest BCUT2D eigenvalue weighted by Gasteiger charge is 2.52. The maximum atomic E-state index is 11.9. The fourth-order valence-electron chi connectivity index (χ4n) is 7.20. The summed E-state index contributed by atoms with van der Waals surface area (Å²) in [5, 5.41) is 1.07. The van der Waals surface area contributed by atoms with Crippen LogP contribution >= 0.6 is 0 Å². The molecule has 11 heteroatoms. The fourth-order valence-corrected chi connectivity index (χ4v) is 7.20. The third kappa shape index (κ3) is 6.46. The molecule has 0 bridgehead atoms. The monoisotopic (exact) mass is 661 g/mol. The molecule has 0 unspecified atom stereocenters. The molecule has 3 atom stereocenters. The number of carbonyl (C=O) groups excluding carboxylic acids is 1. The van der Waals surface area contributed by atoms with Gasteiger partial charge in [-0.15, -0.1) is 0 Å². The number of benzene rings is 1. The molecule has 3 aliphatic heterocycles. The van der Waals surface area contributed by atoms with E-state index in [2.05, 4.69) is 83.1 Å². The molecule has 3 aromatic rings. The number of nitrogens with zero attached hydrogens (tertiary/aromatic N) is 3. The van der Waals surface area contributed by atoms with Crippen LogP contribution in [0.15, 0.2) is 24.4 Å². The first kappa shape index (κ1) is 34.7. The summed E-state index contributed by atoms with van der Waals surface area (Å²) in [6.07, 6.45) is 2.58. The summed E-state index contributed by atoms with van der Waals surface area (Å²) in [5.74, 6) is 0.513. The van der Waals surface area contributed by atoms with Crippen LogP contribution in [0, 0.1) is 5.41 Å². The second-order valence-corrected chi connectivity index (χ2v) is 15.6. The van der Waals surface area contributed by atoms with E-state index in [4.69, 9.17) is 33.2 Å². The lowest BCUT2D eigenvalue weighted by Crippen LogP contribution is -2.45. The van der Waals surface area contributed by atoms with Crippen LogP contribution in [0.5, 0.6) is 5.75 Å². The van der Waals surface area contributed by atoms with E-state index >= 15 is 0 Å². The SMILES string of the molecule is CO[C@@H](C)c1ncc(N2C[C@@H](C)O[C@@H](C)C2)cc1-c1c(CC(C)(C)COC(C)=O)c2cc(B3OC(C)(C)C(C)(C)O3)cc3c2n1CCO3. The number of anilines is 1. The second-order valence-electron chi connectivity index (χ2n) is 15.6. The Labute approximate surface area is 285 Å². The zero-order valence-electron chi connectivity index (χ0n) is 30.6. The number of pyridine rings is 1. The maximum Gasteiger partial charge on any atom is 0.494 e. The molecule has 1 aromatic carbocycles. The van der Waals surface area contributed by atoms with Crippen molar-refractivity contribution < 1.29 is 33.1 Å². The molecular formula is C37H52BN3O7. The molecule has 0 aliphatic carbocycles. The van der Waals surface area contributed by atoms with Gasteiger partial charge >= 0.3 is 13.1 Å². The number of esters is 1. The molecule has 3 aliphatic rings. The molecule has 10 nitrogen and oxygen atoms in total. The number of morpholine rings is 1. The standard InChI is InChI=1S/C37H52BN3O7/c1-22-19-40(20-23(2)46-22)27-16-29(32(39-18-27)24(3)43-11)33-30(17-35(5,6)21-45-25(4)42)28-14-26(15-31-34(28)41(33)12-13-44-31)38-47-36(7,8)37(9,10)48-38/h14-16,18,22-24H,12-13,17,19-21H2,1-11H3/t22-,23+,24-/m0/s1. The maximum absolute atomic E-state index is 11.9. The van der Waals surface area contributed by atoms with Gasteiger partial charge in [0.25, 0.3) is 0 Å². The molecule has 5 heterocycles. The Kier molecular flexibility index (Phi) is 9.15. The van der Waals surface area contributed by atoms with E-state index < -0.39 is 18.3 Å². The summed E-state index contributed by atoms with van der Waals surface area (Å²) in [6.45, 7) is 23.3. The smallest absolute Gasteiger partial charge is 0.490 e. The minimum absolute atomic E-state index is 0.109. The molecule has 0 radical (unpaired) electrons. The van der Waals surface area contributed by atoms with E-state index in [1.807, 2.05) is 13.1 Å². The molecule has 0 amide bonds. The van der Waals surface area contributed by atoms with Crippen LogP contribution in [-0.2, 0) is 41.3 Å². The highest BCUT2D eigenvalue weighted by Crippen LogP contribution is 2.45. The van der Waals surface area contributed by atoms with Crippen molar-refractivity contribution in [2.45, 2.75) is 112 Å². The average Bonchev–Trinajstić information content (AvgIpc) is 3.43. The first-order valence-electron chi connectivity index (χ1n) is 17.2. The zero-order valence-corrected chi connectivity index (χ0v) is 30.6. The Bertz CT molecular complexity index is 1670. The van der Waals surface area contributed by atoms with Crippen molar-refractivity contribution in [3.8, 4) is 17.0 Å². The quantitative estimate of drug-likeness (QED) is 0.207. The van der Waals surface area contributed by atoms with E-state index in [0.29, 0.717) is 19.6 Å². The van der Waals surface area contributed by atoms with E-state index in [1.165, 1.54) is 6.92 Å². The number of methoxy groups -OCH3 is 1. The molecule has 260 valence electrons. The van der Waals surface area contributed by atoms with Gasteiger partial charge in [-0.2, -0.15) is 0 Å². The van der Waals surface area contributed by atoms with Gasteiger partial charge in [-0.05, 0) is 78.0 Å². The van der Waals surface area contributed by atoms with Crippen LogP contribution < -0.4 is 15.1 Å². The zero-order chi connectivity index (χ0) is 34.8. The van der Waals surface area contributed by atoms with E-state index in [9.17, 15) is 4.79 Å². The van der Waals surface area contributed by atoms with Gasteiger partial charge < -0.3 is 37.7 Å². The first-order chi connectivity index (χ1) is 22.5. The molecule has 6 rings (SSSR count). The Morgan fingerprint density at radius 1 is 1.10 bits per heavy atom. The van der Waals surface area contributed by atoms with Gasteiger partial charge in [-0.3, -0.25) is 9.78 Å². The van der Waals surface area contributed by atoms with E-state index in [-0.39, 0.29) is 36.3 Å². The molecule has 0 spiro atoms. The summed E-state index contributed by atoms with van der Waals surface area (Å²) >= 11 is 0. The Hall–Kier alpha value is -3.12. The van der Waals surface area contributed by atoms with Crippen LogP contribution in [0.1, 0.15) is 86.6 Å². The molecule has 0 saturated carbocycles. The number of hydrogen-bond acceptors (Lipinski definition) is 9. The van der Waals surface area contributed by atoms with Gasteiger partial charge in [0.15, 0.2) is 0 Å². The number of rotatable bonds is 9. The highest BCUT2D eigenvalue weighted by molar-refractivity contribution is 6.62. The van der Waals surface area contributed by atoms with Crippen molar-refractivity contribution >= 4 is 35.1 Å². The van der Waals surface area contributed by atoms with Crippen molar-refractivity contribution in [2.24, 2.45) is 5.41 Å². The Balaban J connectivity index is 1.59. The Morgan fingerprint density at radius 2 is 1.77 bits per heavy atom. The van der Waals surface area contributed by atoms with Gasteiger partial charge in [-0.25, -0.2) is 0 Å². The molecule has 0 N–H and O–H groups in total. The largest absolute Gasteiger partial charge is 0.494 e. The minimum Gasteiger partial charge on any atom is -0.490 e. The third-order valence-corrected chi connectivity index (χ3v) is 10.4. The van der Waals surface area contributed by atoms with Crippen molar-refractivity contribution in [1.82, 2.24) is 9.55 Å². The van der Waals surface area contributed by atoms with Gasteiger partial charge in [0.05, 0.1) is 71.5 Å². The predicted octanol–water partition coefficient (Wildman–Crippen LogP) is 5.85. The summed E-state index contributed by atoms with van der Waals surface area (Å²) in [4.78, 5) is 19.4. The van der Waals surface area contributed by atoms with Crippen LogP contribution in [0.2, 0.25) is 0 Å². The van der Waals surface area contributed by atoms with Gasteiger partial charge in [0.2, 0.25) is 0 Å². The number of ether oxygens (including phenoxy) is 4. The van der Waals surface area contributed by atoms with Gasteiger partial charge in [0, 0.05) is 43.5 Å². The van der Waals surface area contributed by atoms with Crippen LogP contribution in [0.4, 0.5) is 5.69 Å². The minimum atomic E-state index is -0.547. The van der Waals surface area contributed by atoms with Crippen molar-refractivity contribution in [3.63, 3.8) is 0 Å². The van der Waals surface area contributed by atoms with Crippen molar-refractivity contribution in [3.05, 3.63) is 35.7 Å². The summed E-state index contributed by atoms with van der Waals surface area (Å²) in [6, 6.07) is 6.55. The lowest BCUT2D eigenvalue weighted by atomic mass is 9.77. The Morgan fingerprint density at radius 3 is 2.40 bits per heavy atom. The second kappa shape index (κ2) is 12.6. The average molecular weight is 662 g/mol. The fraction of sp³-hybridized carbons (Fsp3) is 0.622. The van der Waals surface area contributed by atoms with Crippen LogP contribution in [-0.4, -0.2) is 79.5 Å². The van der Waals surface area contributed by atoms with Crippen molar-refractivity contribution in [2.75, 3.05) is 38.3 Å². The lowest BCUT2D eigenvalue weighted by molar-refractivity contribution is -0.143. The van der Waals surface area contributed by atoms with E-state index in [1.54, 1.807) is 7.11 Å². The molecular weight excluding hydrogens is 609 g/mol. The number of hydrogen-bond donors (Lipinski definition) is 0.